The van der Waals surface area contributed by atoms with Crippen molar-refractivity contribution in [3.63, 3.8) is 0 Å². The minimum Gasteiger partial charge on any atom is -0.273 e. The molecule has 1 heterocycles. The van der Waals surface area contributed by atoms with E-state index in [1.54, 1.807) is 23.0 Å². The van der Waals surface area contributed by atoms with Gasteiger partial charge in [-0.05, 0) is 42.0 Å². The number of aromatic nitrogens is 2. The van der Waals surface area contributed by atoms with Crippen molar-refractivity contribution in [2.24, 2.45) is 5.10 Å². The first-order valence-electron chi connectivity index (χ1n) is 9.56. The van der Waals surface area contributed by atoms with Gasteiger partial charge in [0.15, 0.2) is 0 Å². The second kappa shape index (κ2) is 9.73. The summed E-state index contributed by atoms with van der Waals surface area (Å²) in [7, 11) is 0. The van der Waals surface area contributed by atoms with Gasteiger partial charge in [0.05, 0.1) is 18.3 Å². The second-order valence-corrected chi connectivity index (χ2v) is 8.17. The van der Waals surface area contributed by atoms with Crippen molar-refractivity contribution in [2.45, 2.75) is 6.42 Å². The number of amides is 1. The summed E-state index contributed by atoms with van der Waals surface area (Å²) in [5, 5.41) is 9.53. The molecular weight excluding hydrogens is 476 g/mol. The number of carbonyl (C=O) groups excluding carboxylic acids is 1. The molecule has 154 valence electrons. The molecule has 1 aromatic heterocycles. The van der Waals surface area contributed by atoms with Crippen LogP contribution in [0.25, 0.3) is 16.9 Å². The van der Waals surface area contributed by atoms with E-state index in [9.17, 15) is 4.79 Å². The number of nitrogens with zero attached hydrogens (tertiary/aromatic N) is 3. The van der Waals surface area contributed by atoms with E-state index < -0.39 is 0 Å². The van der Waals surface area contributed by atoms with Gasteiger partial charge in [0.1, 0.15) is 5.69 Å². The van der Waals surface area contributed by atoms with Gasteiger partial charge in [0.2, 0.25) is 5.91 Å². The first-order valence-corrected chi connectivity index (χ1v) is 10.7. The highest BCUT2D eigenvalue weighted by molar-refractivity contribution is 9.10. The Bertz CT molecular complexity index is 1200. The Morgan fingerprint density at radius 2 is 1.74 bits per heavy atom. The summed E-state index contributed by atoms with van der Waals surface area (Å²) in [6.07, 6.45) is 3.72. The molecule has 0 spiro atoms. The van der Waals surface area contributed by atoms with Gasteiger partial charge in [0, 0.05) is 26.8 Å². The van der Waals surface area contributed by atoms with Crippen LogP contribution < -0.4 is 5.43 Å². The monoisotopic (exact) mass is 492 g/mol. The molecule has 0 fully saturated rings. The molecule has 0 saturated carbocycles. The lowest BCUT2D eigenvalue weighted by Gasteiger charge is -2.01. The molecule has 4 aromatic rings. The van der Waals surface area contributed by atoms with E-state index in [1.807, 2.05) is 72.9 Å². The number of hydrogen-bond donors (Lipinski definition) is 1. The lowest BCUT2D eigenvalue weighted by Crippen LogP contribution is -2.19. The fourth-order valence-electron chi connectivity index (χ4n) is 3.03. The third-order valence-electron chi connectivity index (χ3n) is 4.55. The molecule has 0 aliphatic rings. The molecule has 1 amide bonds. The van der Waals surface area contributed by atoms with Crippen LogP contribution >= 0.6 is 27.5 Å². The number of nitrogens with one attached hydrogen (secondary N) is 1. The van der Waals surface area contributed by atoms with E-state index in [1.165, 1.54) is 0 Å². The summed E-state index contributed by atoms with van der Waals surface area (Å²) >= 11 is 9.35. The van der Waals surface area contributed by atoms with Crippen LogP contribution in [-0.2, 0) is 11.2 Å². The summed E-state index contributed by atoms with van der Waals surface area (Å²) in [4.78, 5) is 12.2. The molecule has 0 saturated heterocycles. The molecule has 1 N–H and O–H groups in total. The summed E-state index contributed by atoms with van der Waals surface area (Å²) in [5.41, 5.74) is 6.90. The summed E-state index contributed by atoms with van der Waals surface area (Å²) in [6, 6.07) is 24.9. The Balaban J connectivity index is 1.55. The molecule has 4 rings (SSSR count). The van der Waals surface area contributed by atoms with Crippen molar-refractivity contribution >= 4 is 39.7 Å². The van der Waals surface area contributed by atoms with Crippen LogP contribution in [0.3, 0.4) is 0 Å². The highest BCUT2D eigenvalue weighted by Crippen LogP contribution is 2.24. The molecule has 5 nitrogen and oxygen atoms in total. The summed E-state index contributed by atoms with van der Waals surface area (Å²) in [6.45, 7) is 0. The molecule has 0 unspecified atom stereocenters. The molecule has 7 heteroatoms. The molecule has 0 radical (unpaired) electrons. The van der Waals surface area contributed by atoms with E-state index >= 15 is 0 Å². The number of rotatable bonds is 6. The maximum Gasteiger partial charge on any atom is 0.244 e. The van der Waals surface area contributed by atoms with E-state index in [0.29, 0.717) is 5.02 Å². The highest BCUT2D eigenvalue weighted by atomic mass is 79.9. The molecule has 0 aliphatic carbocycles. The number of carbonyl (C=O) groups is 1. The summed E-state index contributed by atoms with van der Waals surface area (Å²) < 4.78 is 2.79. The number of halogens is 2. The van der Waals surface area contributed by atoms with E-state index in [0.717, 1.165) is 32.5 Å². The van der Waals surface area contributed by atoms with Crippen molar-refractivity contribution in [1.82, 2.24) is 15.2 Å². The van der Waals surface area contributed by atoms with Crippen molar-refractivity contribution < 1.29 is 4.79 Å². The van der Waals surface area contributed by atoms with Gasteiger partial charge in [0.25, 0.3) is 0 Å². The third-order valence-corrected chi connectivity index (χ3v) is 5.33. The Morgan fingerprint density at radius 1 is 1.03 bits per heavy atom. The smallest absolute Gasteiger partial charge is 0.244 e. The topological polar surface area (TPSA) is 59.3 Å². The molecule has 0 aliphatic heterocycles. The molecule has 3 aromatic carbocycles. The van der Waals surface area contributed by atoms with Crippen LogP contribution in [0.1, 0.15) is 11.1 Å². The Hall–Kier alpha value is -3.22. The second-order valence-electron chi connectivity index (χ2n) is 6.82. The molecule has 31 heavy (non-hydrogen) atoms. The van der Waals surface area contributed by atoms with Crippen molar-refractivity contribution in [1.29, 1.82) is 0 Å². The van der Waals surface area contributed by atoms with Gasteiger partial charge >= 0.3 is 0 Å². The van der Waals surface area contributed by atoms with Gasteiger partial charge in [-0.1, -0.05) is 70.0 Å². The zero-order valence-corrected chi connectivity index (χ0v) is 18.7. The number of hydrogen-bond acceptors (Lipinski definition) is 3. The number of para-hydroxylation sites is 1. The van der Waals surface area contributed by atoms with Gasteiger partial charge < -0.3 is 0 Å². The maximum absolute atomic E-state index is 12.2. The van der Waals surface area contributed by atoms with E-state index in [2.05, 4.69) is 26.5 Å². The van der Waals surface area contributed by atoms with Crippen molar-refractivity contribution in [3.8, 4) is 16.9 Å². The minimum absolute atomic E-state index is 0.209. The first kappa shape index (κ1) is 21.0. The fraction of sp³-hybridized carbons (Fsp3) is 0.0417. The Kier molecular flexibility index (Phi) is 6.60. The van der Waals surface area contributed by atoms with Crippen LogP contribution in [0.15, 0.2) is 94.6 Å². The largest absolute Gasteiger partial charge is 0.273 e. The Morgan fingerprint density at radius 3 is 2.45 bits per heavy atom. The van der Waals surface area contributed by atoms with Crippen LogP contribution in [0.5, 0.6) is 0 Å². The van der Waals surface area contributed by atoms with Gasteiger partial charge in [-0.25, -0.2) is 10.1 Å². The minimum atomic E-state index is -0.209. The molecular formula is C24H18BrClN4O. The lowest BCUT2D eigenvalue weighted by molar-refractivity contribution is -0.120. The van der Waals surface area contributed by atoms with Gasteiger partial charge in [-0.2, -0.15) is 10.2 Å². The first-order chi connectivity index (χ1) is 15.1. The van der Waals surface area contributed by atoms with Crippen molar-refractivity contribution in [3.05, 3.63) is 106 Å². The van der Waals surface area contributed by atoms with E-state index in [-0.39, 0.29) is 12.3 Å². The number of hydrazone groups is 1. The average Bonchev–Trinajstić information content (AvgIpc) is 3.21. The average molecular weight is 494 g/mol. The highest BCUT2D eigenvalue weighted by Gasteiger charge is 2.11. The van der Waals surface area contributed by atoms with Crippen LogP contribution in [-0.4, -0.2) is 21.9 Å². The predicted molar refractivity (Wildman–Crippen MR) is 128 cm³/mol. The normalized spacial score (nSPS) is 11.0. The predicted octanol–water partition coefficient (Wildman–Crippen LogP) is 5.65. The summed E-state index contributed by atoms with van der Waals surface area (Å²) in [5.74, 6) is -0.209. The van der Waals surface area contributed by atoms with Crippen LogP contribution in [0.2, 0.25) is 5.02 Å². The van der Waals surface area contributed by atoms with Crippen LogP contribution in [0.4, 0.5) is 0 Å². The van der Waals surface area contributed by atoms with Gasteiger partial charge in [-0.3, -0.25) is 4.79 Å². The molecule has 0 bridgehead atoms. The SMILES string of the molecule is O=C(Cc1ccc(Cl)cc1)N/N=C\c1cn(-c2ccccc2)nc1-c1ccc(Br)cc1. The third kappa shape index (κ3) is 5.48. The fourth-order valence-corrected chi connectivity index (χ4v) is 3.42. The van der Waals surface area contributed by atoms with Crippen molar-refractivity contribution in [2.75, 3.05) is 0 Å². The zero-order valence-electron chi connectivity index (χ0n) is 16.4. The molecule has 0 atom stereocenters. The Labute approximate surface area is 193 Å². The van der Waals surface area contributed by atoms with E-state index in [4.69, 9.17) is 16.7 Å². The zero-order chi connectivity index (χ0) is 21.6. The number of benzene rings is 3. The lowest BCUT2D eigenvalue weighted by atomic mass is 10.1. The standard InChI is InChI=1S/C24H18BrClN4O/c25-20-10-8-18(9-11-20)24-19(16-30(29-24)22-4-2-1-3-5-22)15-27-28-23(31)14-17-6-12-21(26)13-7-17/h1-13,15-16H,14H2,(H,28,31)/b27-15-. The quantitative estimate of drug-likeness (QED) is 0.279. The van der Waals surface area contributed by atoms with Crippen LogP contribution in [0, 0.1) is 0 Å². The maximum atomic E-state index is 12.2. The van der Waals surface area contributed by atoms with Gasteiger partial charge in [-0.15, -0.1) is 0 Å².